The number of aliphatic hydroxyl groups is 1. The number of aromatic nitrogens is 2. The number of pyridine rings is 2. The van der Waals surface area contributed by atoms with Gasteiger partial charge in [0.1, 0.15) is 24.5 Å². The van der Waals surface area contributed by atoms with Gasteiger partial charge in [-0.25, -0.2) is 14.2 Å². The first-order valence-electron chi connectivity index (χ1n) is 31.2. The number of carbonyl (C=O) groups excluding carboxylic acids is 11. The van der Waals surface area contributed by atoms with Gasteiger partial charge in [0.15, 0.2) is 5.60 Å². The molecule has 96 heavy (non-hydrogen) atoms. The molecule has 3 aliphatic heterocycles. The number of nitrogens with zero attached hydrogens (tertiary/aromatic N) is 3. The highest BCUT2D eigenvalue weighted by atomic mass is 19.1. The third-order valence-corrected chi connectivity index (χ3v) is 16.3. The molecule has 10 amide bonds. The van der Waals surface area contributed by atoms with Gasteiger partial charge in [0.2, 0.25) is 47.3 Å². The summed E-state index contributed by atoms with van der Waals surface area (Å²) in [5.74, 6) is -9.41. The van der Waals surface area contributed by atoms with Crippen LogP contribution in [0, 0.1) is 12.7 Å². The highest BCUT2D eigenvalue weighted by molar-refractivity contribution is 6.13. The Morgan fingerprint density at radius 2 is 1.31 bits per heavy atom. The van der Waals surface area contributed by atoms with Gasteiger partial charge in [-0.3, -0.25) is 62.4 Å². The Morgan fingerprint density at radius 3 is 1.98 bits per heavy atom. The number of nitrogens with one attached hydrogen (secondary N) is 8. The molecular formula is C64H76FN11O20. The average molecular weight is 1340 g/mol. The van der Waals surface area contributed by atoms with E-state index in [4.69, 9.17) is 28.7 Å². The monoisotopic (exact) mass is 1340 g/mol. The summed E-state index contributed by atoms with van der Waals surface area (Å²) in [6.07, 6.45) is 1.60. The molecule has 1 aliphatic carbocycles. The zero-order chi connectivity index (χ0) is 69.1. The summed E-state index contributed by atoms with van der Waals surface area (Å²) in [6, 6.07) is 7.92. The molecule has 0 unspecified atom stereocenters. The first-order valence-corrected chi connectivity index (χ1v) is 31.2. The minimum Gasteiger partial charge on any atom is -0.481 e. The lowest BCUT2D eigenvalue weighted by Gasteiger charge is -2.31. The quantitative estimate of drug-likeness (QED) is 0.0117. The molecule has 4 aliphatic rings. The predicted molar refractivity (Wildman–Crippen MR) is 333 cm³/mol. The molecule has 10 N–H and O–H groups in total. The van der Waals surface area contributed by atoms with E-state index in [0.717, 1.165) is 17.1 Å². The van der Waals surface area contributed by atoms with Crippen LogP contribution in [0.2, 0.25) is 0 Å². The SMILES string of the molecule is CC[C@@]1(O)C(=O)OCc2c1cc1n(c2=O)Cc2c-1nc1cc(F)c(C)c3c1c2[C@@H](NC(=O)CCNC(=O)CNC(=O)[C@H](Cc1ccccc1)NC(=O)CNC(=O)CNC(=O)[C@H](CC(=O)O)NC(=O)CCOCCOCCOCCOCCNC(=O)CCN1C(=O)C=CC1=O)CC3. The second-order valence-electron chi connectivity index (χ2n) is 22.8. The van der Waals surface area contributed by atoms with Gasteiger partial charge in [-0.05, 0) is 54.5 Å². The number of fused-ring (bicyclic) bond motifs is 5. The summed E-state index contributed by atoms with van der Waals surface area (Å²) in [6.45, 7) is 2.36. The third-order valence-electron chi connectivity index (χ3n) is 16.3. The molecule has 4 atom stereocenters. The van der Waals surface area contributed by atoms with Crippen molar-refractivity contribution in [3.8, 4) is 11.4 Å². The molecule has 8 rings (SSSR count). The Morgan fingerprint density at radius 1 is 0.698 bits per heavy atom. The Hall–Kier alpha value is -9.89. The van der Waals surface area contributed by atoms with Crippen molar-refractivity contribution in [2.75, 3.05) is 92.1 Å². The summed E-state index contributed by atoms with van der Waals surface area (Å²) >= 11 is 0. The number of halogens is 1. The van der Waals surface area contributed by atoms with Crippen molar-refractivity contribution in [2.45, 2.75) is 102 Å². The van der Waals surface area contributed by atoms with Crippen molar-refractivity contribution in [1.29, 1.82) is 0 Å². The average Bonchev–Trinajstić information content (AvgIpc) is 1.48. The van der Waals surface area contributed by atoms with Crippen molar-refractivity contribution < 1.29 is 95.8 Å². The zero-order valence-electron chi connectivity index (χ0n) is 52.9. The first-order chi connectivity index (χ1) is 46.1. The van der Waals surface area contributed by atoms with Crippen molar-refractivity contribution in [2.24, 2.45) is 0 Å². The van der Waals surface area contributed by atoms with Gasteiger partial charge < -0.3 is 81.0 Å². The van der Waals surface area contributed by atoms with Gasteiger partial charge in [0.05, 0.1) is 114 Å². The van der Waals surface area contributed by atoms with Crippen LogP contribution in [-0.4, -0.2) is 200 Å². The van der Waals surface area contributed by atoms with E-state index in [9.17, 15) is 72.5 Å². The van der Waals surface area contributed by atoms with Crippen LogP contribution in [0.1, 0.15) is 90.4 Å². The minimum absolute atomic E-state index is 0.0139. The maximum Gasteiger partial charge on any atom is 0.343 e. The largest absolute Gasteiger partial charge is 0.481 e. The molecule has 0 fully saturated rings. The summed E-state index contributed by atoms with van der Waals surface area (Å²) in [7, 11) is 0. The van der Waals surface area contributed by atoms with E-state index in [1.54, 1.807) is 50.2 Å². The van der Waals surface area contributed by atoms with E-state index >= 15 is 4.39 Å². The third kappa shape index (κ3) is 18.7. The number of amides is 10. The predicted octanol–water partition coefficient (Wildman–Crippen LogP) is -1.94. The molecule has 0 spiro atoms. The maximum atomic E-state index is 15.4. The van der Waals surface area contributed by atoms with E-state index in [0.29, 0.717) is 62.9 Å². The van der Waals surface area contributed by atoms with Gasteiger partial charge in [0.25, 0.3) is 17.4 Å². The van der Waals surface area contributed by atoms with Gasteiger partial charge in [0, 0.05) is 80.0 Å². The number of carboxylic acids is 1. The van der Waals surface area contributed by atoms with Gasteiger partial charge in [-0.1, -0.05) is 37.3 Å². The molecule has 2 aromatic heterocycles. The Bertz CT molecular complexity index is 3730. The summed E-state index contributed by atoms with van der Waals surface area (Å²) in [5, 5.41) is 41.5. The summed E-state index contributed by atoms with van der Waals surface area (Å²) in [4.78, 5) is 171. The molecule has 0 saturated heterocycles. The Balaban J connectivity index is 0.713. The highest BCUT2D eigenvalue weighted by Gasteiger charge is 2.46. The lowest BCUT2D eigenvalue weighted by atomic mass is 9.81. The van der Waals surface area contributed by atoms with Crippen LogP contribution in [0.3, 0.4) is 0 Å². The van der Waals surface area contributed by atoms with Crippen LogP contribution < -0.4 is 48.1 Å². The molecule has 0 saturated carbocycles. The smallest absolute Gasteiger partial charge is 0.343 e. The Kier molecular flexibility index (Phi) is 25.5. The van der Waals surface area contributed by atoms with Gasteiger partial charge in [-0.2, -0.15) is 0 Å². The van der Waals surface area contributed by atoms with Crippen LogP contribution in [0.15, 0.2) is 59.4 Å². The lowest BCUT2D eigenvalue weighted by molar-refractivity contribution is -0.172. The molecular weight excluding hydrogens is 1260 g/mol. The number of rotatable bonds is 37. The number of hydrogen-bond acceptors (Lipinski definition) is 20. The van der Waals surface area contributed by atoms with Crippen LogP contribution in [0.4, 0.5) is 4.39 Å². The molecule has 0 bridgehead atoms. The van der Waals surface area contributed by atoms with Crippen molar-refractivity contribution in [3.63, 3.8) is 0 Å². The topological polar surface area (TPSA) is 426 Å². The number of hydrogen-bond donors (Lipinski definition) is 10. The molecule has 5 heterocycles. The molecule has 0 radical (unpaired) electrons. The summed E-state index contributed by atoms with van der Waals surface area (Å²) in [5.41, 5.74) is 1.60. The van der Waals surface area contributed by atoms with E-state index in [2.05, 4.69) is 42.5 Å². The number of cyclic esters (lactones) is 1. The Labute approximate surface area is 548 Å². The fourth-order valence-corrected chi connectivity index (χ4v) is 11.3. The zero-order valence-corrected chi connectivity index (χ0v) is 52.9. The van der Waals surface area contributed by atoms with Crippen LogP contribution in [0.5, 0.6) is 0 Å². The molecule has 514 valence electrons. The van der Waals surface area contributed by atoms with Crippen molar-refractivity contribution >= 4 is 81.9 Å². The number of aliphatic carboxylic acids is 1. The second kappa shape index (κ2) is 34.0. The second-order valence-corrected chi connectivity index (χ2v) is 22.8. The van der Waals surface area contributed by atoms with E-state index < -0.39 is 126 Å². The maximum absolute atomic E-state index is 15.4. The van der Waals surface area contributed by atoms with E-state index in [-0.39, 0.29) is 135 Å². The fraction of sp³-hybridized carbons (Fsp3) is 0.469. The number of carboxylic acid groups (broad SMARTS) is 1. The molecule has 4 aromatic rings. The van der Waals surface area contributed by atoms with E-state index in [1.165, 1.54) is 10.6 Å². The fourth-order valence-electron chi connectivity index (χ4n) is 11.3. The number of esters is 1. The molecule has 31 nitrogen and oxygen atoms in total. The standard InChI is InChI=1S/C64H76FN11O20/c1-3-64(91)41-28-47-59-39(34-76(47)62(89)40(41)35-96-63(64)90)58-43(10-9-38-36(2)42(65)29-44(74-59)57(38)58)71-49(78)13-16-66-51(80)31-69-60(87)45(27-37-7-5-4-6-8-37)73-53(82)33-68-52(81)32-70-61(88)46(30-56(85)86)72-50(79)15-19-92-21-23-94-25-26-95-24-22-93-20-17-67-48(77)14-18-75-54(83)11-12-55(75)84/h4-8,11-12,28-29,43,45-46,91H,3,9-10,13-27,30-35H2,1-2H3,(H,66,80)(H,67,77)(H,68,81)(H,69,87)(H,70,88)(H,71,78)(H,72,79)(H,73,82)(H,85,86)/t43-,45-,46-,64-/m0/s1. The number of ether oxygens (including phenoxy) is 5. The molecule has 32 heteroatoms. The highest BCUT2D eigenvalue weighted by Crippen LogP contribution is 2.46. The number of imide groups is 1. The minimum atomic E-state index is -2.08. The van der Waals surface area contributed by atoms with Crippen LogP contribution in [-0.2, 0) is 113 Å². The van der Waals surface area contributed by atoms with Crippen molar-refractivity contribution in [3.05, 3.63) is 110 Å². The number of benzene rings is 2. The van der Waals surface area contributed by atoms with Crippen molar-refractivity contribution in [1.82, 2.24) is 57.0 Å². The van der Waals surface area contributed by atoms with E-state index in [1.807, 2.05) is 0 Å². The lowest BCUT2D eigenvalue weighted by Crippen LogP contribution is -2.53. The van der Waals surface area contributed by atoms with Gasteiger partial charge >= 0.3 is 11.9 Å². The number of aryl methyl sites for hydroxylation is 1. The summed E-state index contributed by atoms with van der Waals surface area (Å²) < 4.78 is 43.7. The van der Waals surface area contributed by atoms with Crippen LogP contribution in [0.25, 0.3) is 22.3 Å². The van der Waals surface area contributed by atoms with Gasteiger partial charge in [-0.15, -0.1) is 0 Å². The van der Waals surface area contributed by atoms with Crippen LogP contribution >= 0.6 is 0 Å². The normalized spacial score (nSPS) is 16.3. The first kappa shape index (κ1) is 71.9. The number of carbonyl (C=O) groups is 12. The molecule has 2 aromatic carbocycles.